The molecule has 1 aliphatic rings. The summed E-state index contributed by atoms with van der Waals surface area (Å²) in [7, 11) is -0.607. The van der Waals surface area contributed by atoms with E-state index in [1.54, 1.807) is 18.2 Å². The highest BCUT2D eigenvalue weighted by molar-refractivity contribution is 6.62. The second-order valence-corrected chi connectivity index (χ2v) is 7.20. The Morgan fingerprint density at radius 3 is 2.20 bits per heavy atom. The lowest BCUT2D eigenvalue weighted by atomic mass is 9.78. The van der Waals surface area contributed by atoms with Crippen LogP contribution in [0.3, 0.4) is 0 Å². The monoisotopic (exact) mass is 353 g/mol. The van der Waals surface area contributed by atoms with Crippen molar-refractivity contribution in [1.29, 1.82) is 0 Å². The highest BCUT2D eigenvalue weighted by Gasteiger charge is 2.51. The molecular formula is C17H19BF3NO3. The lowest BCUT2D eigenvalue weighted by molar-refractivity contribution is -0.276. The number of hydrogen-bond donors (Lipinski definition) is 0. The summed E-state index contributed by atoms with van der Waals surface area (Å²) in [6.07, 6.45) is -4.78. The van der Waals surface area contributed by atoms with E-state index in [9.17, 15) is 13.2 Å². The van der Waals surface area contributed by atoms with Crippen molar-refractivity contribution in [1.82, 2.24) is 4.98 Å². The molecule has 4 nitrogen and oxygen atoms in total. The second kappa shape index (κ2) is 5.61. The summed E-state index contributed by atoms with van der Waals surface area (Å²) >= 11 is 0. The Bertz CT molecular complexity index is 805. The predicted octanol–water partition coefficient (Wildman–Crippen LogP) is 3.74. The summed E-state index contributed by atoms with van der Waals surface area (Å²) in [6.45, 7) is 9.27. The Morgan fingerprint density at radius 1 is 1.04 bits per heavy atom. The molecule has 2 aromatic rings. The Balaban J connectivity index is 1.98. The van der Waals surface area contributed by atoms with Gasteiger partial charge in [0.05, 0.1) is 16.7 Å². The normalized spacial score (nSPS) is 19.4. The Kier molecular flexibility index (Phi) is 4.04. The predicted molar refractivity (Wildman–Crippen MR) is 88.9 cm³/mol. The molecule has 0 spiro atoms. The third kappa shape index (κ3) is 3.46. The van der Waals surface area contributed by atoms with Crippen molar-refractivity contribution in [3.8, 4) is 5.88 Å². The molecule has 0 unspecified atom stereocenters. The number of benzene rings is 1. The fourth-order valence-corrected chi connectivity index (χ4v) is 2.61. The van der Waals surface area contributed by atoms with E-state index in [-0.39, 0.29) is 0 Å². The molecule has 0 saturated carbocycles. The third-order valence-electron chi connectivity index (χ3n) is 4.72. The fourth-order valence-electron chi connectivity index (χ4n) is 2.61. The number of nitrogens with zero attached hydrogens (tertiary/aromatic N) is 1. The number of rotatable bonds is 2. The van der Waals surface area contributed by atoms with E-state index in [4.69, 9.17) is 9.31 Å². The average molecular weight is 353 g/mol. The number of aromatic nitrogens is 1. The molecular weight excluding hydrogens is 334 g/mol. The average Bonchev–Trinajstić information content (AvgIpc) is 2.66. The minimum atomic E-state index is -4.78. The van der Waals surface area contributed by atoms with Gasteiger partial charge in [0.1, 0.15) is 0 Å². The van der Waals surface area contributed by atoms with Gasteiger partial charge in [0.15, 0.2) is 0 Å². The maximum atomic E-state index is 12.5. The molecule has 1 fully saturated rings. The van der Waals surface area contributed by atoms with Crippen LogP contribution in [0.1, 0.15) is 33.3 Å². The highest BCUT2D eigenvalue weighted by Crippen LogP contribution is 2.36. The molecule has 1 aliphatic heterocycles. The highest BCUT2D eigenvalue weighted by atomic mass is 19.4. The molecule has 2 heterocycles. The first-order chi connectivity index (χ1) is 11.4. The number of hydrogen-bond acceptors (Lipinski definition) is 4. The van der Waals surface area contributed by atoms with Crippen molar-refractivity contribution in [2.24, 2.45) is 0 Å². The van der Waals surface area contributed by atoms with Gasteiger partial charge in [-0.3, -0.25) is 0 Å². The van der Waals surface area contributed by atoms with Gasteiger partial charge in [0, 0.05) is 10.9 Å². The van der Waals surface area contributed by atoms with E-state index in [1.807, 2.05) is 33.8 Å². The topological polar surface area (TPSA) is 40.6 Å². The summed E-state index contributed by atoms with van der Waals surface area (Å²) in [5.74, 6) is -0.453. The third-order valence-corrected chi connectivity index (χ3v) is 4.72. The van der Waals surface area contributed by atoms with Crippen molar-refractivity contribution >= 4 is 23.5 Å². The van der Waals surface area contributed by atoms with Crippen LogP contribution < -0.4 is 10.2 Å². The van der Waals surface area contributed by atoms with Gasteiger partial charge in [-0.2, -0.15) is 0 Å². The number of alkyl halides is 3. The van der Waals surface area contributed by atoms with Crippen LogP contribution in [0.4, 0.5) is 13.2 Å². The molecule has 0 amide bonds. The zero-order chi connectivity index (χ0) is 18.6. The van der Waals surface area contributed by atoms with Gasteiger partial charge in [-0.15, -0.1) is 13.2 Å². The SMILES string of the molecule is Cc1cc2ccc(B3OC(C)(C)C(C)(C)O3)cc2nc1OC(F)(F)F. The molecule has 25 heavy (non-hydrogen) atoms. The summed E-state index contributed by atoms with van der Waals surface area (Å²) in [6, 6.07) is 6.89. The zero-order valence-electron chi connectivity index (χ0n) is 14.7. The first-order valence-electron chi connectivity index (χ1n) is 7.91. The number of aryl methyl sites for hydroxylation is 1. The van der Waals surface area contributed by atoms with Crippen molar-refractivity contribution < 1.29 is 27.2 Å². The number of ether oxygens (including phenoxy) is 1. The number of halogens is 3. The maximum absolute atomic E-state index is 12.5. The van der Waals surface area contributed by atoms with Crippen LogP contribution >= 0.6 is 0 Å². The van der Waals surface area contributed by atoms with Crippen LogP contribution in [0.15, 0.2) is 24.3 Å². The largest absolute Gasteiger partial charge is 0.574 e. The van der Waals surface area contributed by atoms with Crippen LogP contribution in [-0.4, -0.2) is 29.7 Å². The second-order valence-electron chi connectivity index (χ2n) is 7.20. The van der Waals surface area contributed by atoms with Gasteiger partial charge < -0.3 is 14.0 Å². The maximum Gasteiger partial charge on any atom is 0.574 e. The molecule has 0 aliphatic carbocycles. The van der Waals surface area contributed by atoms with Gasteiger partial charge in [-0.25, -0.2) is 4.98 Å². The van der Waals surface area contributed by atoms with Gasteiger partial charge in [0.2, 0.25) is 5.88 Å². The van der Waals surface area contributed by atoms with Crippen LogP contribution in [0.5, 0.6) is 5.88 Å². The van der Waals surface area contributed by atoms with E-state index < -0.39 is 30.6 Å². The van der Waals surface area contributed by atoms with E-state index in [0.717, 1.165) is 0 Å². The Morgan fingerprint density at radius 2 is 1.64 bits per heavy atom. The van der Waals surface area contributed by atoms with Crippen LogP contribution in [-0.2, 0) is 9.31 Å². The minimum Gasteiger partial charge on any atom is -0.399 e. The molecule has 0 atom stereocenters. The lowest BCUT2D eigenvalue weighted by Gasteiger charge is -2.32. The summed E-state index contributed by atoms with van der Waals surface area (Å²) in [5.41, 5.74) is 0.390. The zero-order valence-corrected chi connectivity index (χ0v) is 14.7. The minimum absolute atomic E-state index is 0.313. The molecule has 1 aromatic heterocycles. The van der Waals surface area contributed by atoms with E-state index >= 15 is 0 Å². The van der Waals surface area contributed by atoms with Gasteiger partial charge in [-0.1, -0.05) is 12.1 Å². The lowest BCUT2D eigenvalue weighted by Crippen LogP contribution is -2.41. The first-order valence-corrected chi connectivity index (χ1v) is 7.91. The molecule has 0 N–H and O–H groups in total. The molecule has 3 rings (SSSR count). The summed E-state index contributed by atoms with van der Waals surface area (Å²) < 4.78 is 53.5. The summed E-state index contributed by atoms with van der Waals surface area (Å²) in [4.78, 5) is 4.01. The van der Waals surface area contributed by atoms with Crippen molar-refractivity contribution in [2.75, 3.05) is 0 Å². The molecule has 1 aromatic carbocycles. The van der Waals surface area contributed by atoms with E-state index in [0.29, 0.717) is 21.9 Å². The van der Waals surface area contributed by atoms with Crippen LogP contribution in [0.2, 0.25) is 0 Å². The quantitative estimate of drug-likeness (QED) is 0.772. The first kappa shape index (κ1) is 18.0. The number of fused-ring (bicyclic) bond motifs is 1. The molecule has 8 heteroatoms. The van der Waals surface area contributed by atoms with Gasteiger partial charge in [-0.05, 0) is 52.2 Å². The van der Waals surface area contributed by atoms with Crippen LogP contribution in [0, 0.1) is 6.92 Å². The summed E-state index contributed by atoms with van der Waals surface area (Å²) in [5, 5.41) is 0.715. The fraction of sp³-hybridized carbons (Fsp3) is 0.471. The van der Waals surface area contributed by atoms with Crippen LogP contribution in [0.25, 0.3) is 10.9 Å². The molecule has 0 radical (unpaired) electrons. The van der Waals surface area contributed by atoms with E-state index in [1.165, 1.54) is 6.92 Å². The standard InChI is InChI=1S/C17H19BF3NO3/c1-10-8-11-6-7-12(18-24-15(2,3)16(4,5)25-18)9-13(11)22-14(10)23-17(19,20)21/h6-9H,1-5H3. The van der Waals surface area contributed by atoms with E-state index in [2.05, 4.69) is 9.72 Å². The Hall–Kier alpha value is -1.80. The van der Waals surface area contributed by atoms with Crippen molar-refractivity contribution in [3.05, 3.63) is 29.8 Å². The number of pyridine rings is 1. The van der Waals surface area contributed by atoms with Crippen molar-refractivity contribution in [3.63, 3.8) is 0 Å². The molecule has 1 saturated heterocycles. The van der Waals surface area contributed by atoms with Crippen molar-refractivity contribution in [2.45, 2.75) is 52.2 Å². The smallest absolute Gasteiger partial charge is 0.399 e. The van der Waals surface area contributed by atoms with Gasteiger partial charge >= 0.3 is 13.5 Å². The molecule has 0 bridgehead atoms. The van der Waals surface area contributed by atoms with Gasteiger partial charge in [0.25, 0.3) is 0 Å². The Labute approximate surface area is 144 Å². The molecule has 134 valence electrons.